The molecule has 2 amide bonds. The van der Waals surface area contributed by atoms with Crippen molar-refractivity contribution in [2.24, 2.45) is 5.10 Å². The van der Waals surface area contributed by atoms with Gasteiger partial charge in [-0.3, -0.25) is 9.59 Å². The highest BCUT2D eigenvalue weighted by Crippen LogP contribution is 2.22. The molecule has 3 rings (SSSR count). The number of amides is 2. The maximum Gasteiger partial charge on any atom is 0.258 e. The molecule has 0 saturated heterocycles. The highest BCUT2D eigenvalue weighted by Gasteiger charge is 2.16. The van der Waals surface area contributed by atoms with E-state index in [1.807, 2.05) is 19.1 Å². The Hall–Kier alpha value is -2.44. The SMILES string of the molecule is Cc1cc(NC(=O)c2cnc(Cl)cc2Cl)ccc1C1=NNC(=O)CC1. The van der Waals surface area contributed by atoms with Gasteiger partial charge in [-0.05, 0) is 30.7 Å². The summed E-state index contributed by atoms with van der Waals surface area (Å²) < 4.78 is 0. The minimum atomic E-state index is -0.372. The van der Waals surface area contributed by atoms with Gasteiger partial charge in [-0.15, -0.1) is 0 Å². The number of carbonyl (C=O) groups is 2. The number of halogens is 2. The number of anilines is 1. The number of benzene rings is 1. The monoisotopic (exact) mass is 376 g/mol. The van der Waals surface area contributed by atoms with E-state index in [2.05, 4.69) is 20.8 Å². The van der Waals surface area contributed by atoms with Crippen LogP contribution in [-0.2, 0) is 4.79 Å². The highest BCUT2D eigenvalue weighted by atomic mass is 35.5. The van der Waals surface area contributed by atoms with Gasteiger partial charge in [0.15, 0.2) is 0 Å². The summed E-state index contributed by atoms with van der Waals surface area (Å²) >= 11 is 11.8. The Morgan fingerprint density at radius 2 is 2.04 bits per heavy atom. The molecule has 128 valence electrons. The molecule has 6 nitrogen and oxygen atoms in total. The first kappa shape index (κ1) is 17.4. The Bertz CT molecular complexity index is 896. The van der Waals surface area contributed by atoms with Crippen molar-refractivity contribution in [3.63, 3.8) is 0 Å². The topological polar surface area (TPSA) is 83.4 Å². The zero-order valence-corrected chi connectivity index (χ0v) is 14.8. The van der Waals surface area contributed by atoms with Crippen molar-refractivity contribution in [1.29, 1.82) is 0 Å². The molecule has 0 spiro atoms. The predicted octanol–water partition coefficient (Wildman–Crippen LogP) is 3.56. The molecule has 1 aromatic heterocycles. The van der Waals surface area contributed by atoms with Crippen molar-refractivity contribution in [2.45, 2.75) is 19.8 Å². The second-order valence-electron chi connectivity index (χ2n) is 5.56. The molecule has 0 unspecified atom stereocenters. The van der Waals surface area contributed by atoms with Crippen LogP contribution in [0.15, 0.2) is 35.6 Å². The lowest BCUT2D eigenvalue weighted by molar-refractivity contribution is -0.121. The molecule has 25 heavy (non-hydrogen) atoms. The lowest BCUT2D eigenvalue weighted by Gasteiger charge is -2.15. The number of pyridine rings is 1. The van der Waals surface area contributed by atoms with Crippen molar-refractivity contribution >= 4 is 46.4 Å². The Labute approximate surface area is 154 Å². The van der Waals surface area contributed by atoms with E-state index in [0.29, 0.717) is 18.5 Å². The maximum atomic E-state index is 12.3. The average molecular weight is 377 g/mol. The zero-order chi connectivity index (χ0) is 18.0. The fourth-order valence-corrected chi connectivity index (χ4v) is 2.96. The third kappa shape index (κ3) is 3.97. The van der Waals surface area contributed by atoms with Crippen LogP contribution in [0.3, 0.4) is 0 Å². The number of aromatic nitrogens is 1. The maximum absolute atomic E-state index is 12.3. The van der Waals surface area contributed by atoms with Crippen molar-refractivity contribution in [1.82, 2.24) is 10.4 Å². The van der Waals surface area contributed by atoms with Gasteiger partial charge in [-0.25, -0.2) is 10.4 Å². The van der Waals surface area contributed by atoms with Gasteiger partial charge in [0.05, 0.1) is 16.3 Å². The van der Waals surface area contributed by atoms with E-state index in [0.717, 1.165) is 16.8 Å². The molecule has 2 N–H and O–H groups in total. The Balaban J connectivity index is 1.79. The van der Waals surface area contributed by atoms with Crippen molar-refractivity contribution in [3.8, 4) is 0 Å². The van der Waals surface area contributed by atoms with Gasteiger partial charge in [0, 0.05) is 30.3 Å². The summed E-state index contributed by atoms with van der Waals surface area (Å²) in [5.41, 5.74) is 6.04. The number of hydrogen-bond acceptors (Lipinski definition) is 4. The number of aryl methyl sites for hydroxylation is 1. The zero-order valence-electron chi connectivity index (χ0n) is 13.3. The molecular weight excluding hydrogens is 363 g/mol. The summed E-state index contributed by atoms with van der Waals surface area (Å²) in [4.78, 5) is 27.4. The summed E-state index contributed by atoms with van der Waals surface area (Å²) in [7, 11) is 0. The van der Waals surface area contributed by atoms with Gasteiger partial charge < -0.3 is 5.32 Å². The number of nitrogens with zero attached hydrogens (tertiary/aromatic N) is 2. The van der Waals surface area contributed by atoms with Crippen molar-refractivity contribution in [3.05, 3.63) is 57.3 Å². The minimum absolute atomic E-state index is 0.0845. The molecule has 1 aliphatic heterocycles. The fraction of sp³-hybridized carbons (Fsp3) is 0.176. The van der Waals surface area contributed by atoms with Crippen LogP contribution >= 0.6 is 23.2 Å². The van der Waals surface area contributed by atoms with Crippen molar-refractivity contribution < 1.29 is 9.59 Å². The number of hydrogen-bond donors (Lipinski definition) is 2. The molecule has 2 heterocycles. The van der Waals surface area contributed by atoms with E-state index in [-0.39, 0.29) is 27.6 Å². The number of hydrazone groups is 1. The number of nitrogens with one attached hydrogen (secondary N) is 2. The lowest BCUT2D eigenvalue weighted by atomic mass is 9.99. The molecule has 0 fully saturated rings. The van der Waals surface area contributed by atoms with Gasteiger partial charge in [-0.2, -0.15) is 5.10 Å². The molecule has 1 aromatic carbocycles. The molecule has 2 aromatic rings. The van der Waals surface area contributed by atoms with Crippen LogP contribution in [0.4, 0.5) is 5.69 Å². The van der Waals surface area contributed by atoms with Gasteiger partial charge in [0.25, 0.3) is 5.91 Å². The standard InChI is InChI=1S/C17H14Cl2N4O2/c1-9-6-10(2-3-11(9)14-4-5-16(24)23-22-14)21-17(25)12-8-20-15(19)7-13(12)18/h2-3,6-8H,4-5H2,1H3,(H,21,25)(H,23,24). The van der Waals surface area contributed by atoms with Crippen LogP contribution in [0.2, 0.25) is 10.2 Å². The summed E-state index contributed by atoms with van der Waals surface area (Å²) in [5.74, 6) is -0.456. The molecule has 0 radical (unpaired) electrons. The third-order valence-corrected chi connectivity index (χ3v) is 4.28. The second-order valence-corrected chi connectivity index (χ2v) is 6.36. The normalized spacial score (nSPS) is 13.9. The smallest absolute Gasteiger partial charge is 0.258 e. The first-order valence-corrected chi connectivity index (χ1v) is 8.28. The van der Waals surface area contributed by atoms with Gasteiger partial charge in [-0.1, -0.05) is 29.3 Å². The Morgan fingerprint density at radius 3 is 2.68 bits per heavy atom. The van der Waals surface area contributed by atoms with Crippen molar-refractivity contribution in [2.75, 3.05) is 5.32 Å². The minimum Gasteiger partial charge on any atom is -0.322 e. The van der Waals surface area contributed by atoms with Crippen LogP contribution in [0.5, 0.6) is 0 Å². The Kier molecular flexibility index (Phi) is 5.01. The van der Waals surface area contributed by atoms with E-state index in [9.17, 15) is 9.59 Å². The number of rotatable bonds is 3. The average Bonchev–Trinajstić information content (AvgIpc) is 2.56. The van der Waals surface area contributed by atoms with E-state index in [1.54, 1.807) is 6.07 Å². The molecule has 1 aliphatic rings. The molecule has 0 saturated carbocycles. The molecule has 0 aliphatic carbocycles. The van der Waals surface area contributed by atoms with Crippen LogP contribution < -0.4 is 10.7 Å². The highest BCUT2D eigenvalue weighted by molar-refractivity contribution is 6.36. The van der Waals surface area contributed by atoms with E-state index in [4.69, 9.17) is 23.2 Å². The summed E-state index contributed by atoms with van der Waals surface area (Å²) in [6.07, 6.45) is 2.34. The van der Waals surface area contributed by atoms with Crippen LogP contribution in [0, 0.1) is 6.92 Å². The fourth-order valence-electron chi connectivity index (χ4n) is 2.51. The lowest BCUT2D eigenvalue weighted by Crippen LogP contribution is -2.26. The molecule has 8 heteroatoms. The first-order valence-electron chi connectivity index (χ1n) is 7.53. The van der Waals surface area contributed by atoms with E-state index >= 15 is 0 Å². The predicted molar refractivity (Wildman–Crippen MR) is 97.3 cm³/mol. The van der Waals surface area contributed by atoms with E-state index in [1.165, 1.54) is 12.3 Å². The molecule has 0 atom stereocenters. The third-order valence-electron chi connectivity index (χ3n) is 3.76. The quantitative estimate of drug-likeness (QED) is 0.803. The van der Waals surface area contributed by atoms with Crippen LogP contribution in [-0.4, -0.2) is 22.5 Å². The molecule has 0 bridgehead atoms. The van der Waals surface area contributed by atoms with Gasteiger partial charge in [0.2, 0.25) is 5.91 Å². The van der Waals surface area contributed by atoms with Crippen LogP contribution in [0.1, 0.15) is 34.3 Å². The second kappa shape index (κ2) is 7.21. The largest absolute Gasteiger partial charge is 0.322 e. The first-order chi connectivity index (χ1) is 11.9. The summed E-state index contributed by atoms with van der Waals surface area (Å²) in [6, 6.07) is 6.89. The summed E-state index contributed by atoms with van der Waals surface area (Å²) in [5, 5.41) is 7.33. The van der Waals surface area contributed by atoms with Gasteiger partial charge in [0.1, 0.15) is 5.15 Å². The number of carbonyl (C=O) groups excluding carboxylic acids is 2. The van der Waals surface area contributed by atoms with Gasteiger partial charge >= 0.3 is 0 Å². The molecular formula is C17H14Cl2N4O2. The van der Waals surface area contributed by atoms with Crippen LogP contribution in [0.25, 0.3) is 0 Å². The summed E-state index contributed by atoms with van der Waals surface area (Å²) in [6.45, 7) is 1.92. The van der Waals surface area contributed by atoms with E-state index < -0.39 is 0 Å². The Morgan fingerprint density at radius 1 is 1.24 bits per heavy atom.